The summed E-state index contributed by atoms with van der Waals surface area (Å²) >= 11 is 0. The van der Waals surface area contributed by atoms with E-state index in [9.17, 15) is 0 Å². The van der Waals surface area contributed by atoms with Crippen LogP contribution in [-0.2, 0) is 0 Å². The van der Waals surface area contributed by atoms with Gasteiger partial charge in [-0.25, -0.2) is 0 Å². The monoisotopic (exact) mass is 560 g/mol. The summed E-state index contributed by atoms with van der Waals surface area (Å²) in [7, 11) is 0. The number of aromatic nitrogens is 2. The zero-order chi connectivity index (χ0) is 29.0. The first kappa shape index (κ1) is 24.7. The first-order chi connectivity index (χ1) is 21.9. The lowest BCUT2D eigenvalue weighted by Gasteiger charge is -2.15. The third-order valence-corrected chi connectivity index (χ3v) is 8.93. The summed E-state index contributed by atoms with van der Waals surface area (Å²) in [4.78, 5) is 0. The fraction of sp³-hybridized carbons (Fsp3) is 0. The van der Waals surface area contributed by atoms with Crippen molar-refractivity contribution in [3.8, 4) is 33.6 Å². The Morgan fingerprint density at radius 3 is 1.73 bits per heavy atom. The molecular formula is C42H28N2. The molecule has 0 saturated heterocycles. The van der Waals surface area contributed by atoms with E-state index in [4.69, 9.17) is 0 Å². The van der Waals surface area contributed by atoms with Crippen LogP contribution in [-0.4, -0.2) is 9.13 Å². The van der Waals surface area contributed by atoms with Gasteiger partial charge in [0.1, 0.15) is 0 Å². The Morgan fingerprint density at radius 2 is 0.909 bits per heavy atom. The van der Waals surface area contributed by atoms with Gasteiger partial charge >= 0.3 is 0 Å². The van der Waals surface area contributed by atoms with E-state index in [0.717, 1.165) is 0 Å². The van der Waals surface area contributed by atoms with E-state index in [1.54, 1.807) is 0 Å². The summed E-state index contributed by atoms with van der Waals surface area (Å²) in [5.74, 6) is 0. The van der Waals surface area contributed by atoms with Gasteiger partial charge in [-0.1, -0.05) is 121 Å². The van der Waals surface area contributed by atoms with E-state index in [1.807, 2.05) is 0 Å². The van der Waals surface area contributed by atoms with Gasteiger partial charge in [0.2, 0.25) is 0 Å². The molecule has 0 spiro atoms. The molecule has 2 heteroatoms. The number of rotatable bonds is 4. The Bertz CT molecular complexity index is 2480. The summed E-state index contributed by atoms with van der Waals surface area (Å²) in [6, 6.07) is 61.4. The predicted octanol–water partition coefficient (Wildman–Crippen LogP) is 11.2. The average Bonchev–Trinajstić information content (AvgIpc) is 3.62. The van der Waals surface area contributed by atoms with Gasteiger partial charge in [-0.15, -0.1) is 0 Å². The number of hydrogen-bond donors (Lipinski definition) is 0. The number of hydrogen-bond acceptors (Lipinski definition) is 0. The molecule has 0 amide bonds. The average molecular weight is 561 g/mol. The second-order valence-corrected chi connectivity index (χ2v) is 11.4. The molecule has 0 aliphatic rings. The molecule has 44 heavy (non-hydrogen) atoms. The van der Waals surface area contributed by atoms with Crippen LogP contribution in [0.2, 0.25) is 0 Å². The predicted molar refractivity (Wildman–Crippen MR) is 186 cm³/mol. The zero-order valence-electron chi connectivity index (χ0n) is 24.1. The summed E-state index contributed by atoms with van der Waals surface area (Å²) < 4.78 is 4.84. The van der Waals surface area contributed by atoms with E-state index in [0.29, 0.717) is 0 Å². The molecule has 2 heterocycles. The van der Waals surface area contributed by atoms with Gasteiger partial charge in [-0.05, 0) is 65.2 Å². The minimum absolute atomic E-state index is 1.17. The summed E-state index contributed by atoms with van der Waals surface area (Å²) in [5.41, 5.74) is 12.1. The smallest absolute Gasteiger partial charge is 0.0547 e. The summed E-state index contributed by atoms with van der Waals surface area (Å²) in [6.45, 7) is 0. The molecule has 7 aromatic carbocycles. The van der Waals surface area contributed by atoms with Crippen molar-refractivity contribution < 1.29 is 0 Å². The second kappa shape index (κ2) is 9.86. The van der Waals surface area contributed by atoms with Crippen molar-refractivity contribution in [1.82, 2.24) is 9.13 Å². The fourth-order valence-electron chi connectivity index (χ4n) is 7.04. The van der Waals surface area contributed by atoms with Crippen molar-refractivity contribution >= 4 is 43.6 Å². The summed E-state index contributed by atoms with van der Waals surface area (Å²) in [5, 5.41) is 5.04. The lowest BCUT2D eigenvalue weighted by Crippen LogP contribution is -1.97. The third-order valence-electron chi connectivity index (χ3n) is 8.93. The van der Waals surface area contributed by atoms with Crippen molar-refractivity contribution in [1.29, 1.82) is 0 Å². The SMILES string of the molecule is c1ccc(-c2ccc3c(c2)c2ccccc2n3-c2ccccc2-c2cccc3c2c2ccccc2n3-c2ccccc2)cc1. The number of para-hydroxylation sites is 4. The van der Waals surface area contributed by atoms with E-state index in [2.05, 4.69) is 179 Å². The Hall–Kier alpha value is -5.86. The van der Waals surface area contributed by atoms with Crippen LogP contribution in [0.15, 0.2) is 170 Å². The van der Waals surface area contributed by atoms with Crippen LogP contribution in [0, 0.1) is 0 Å². The standard InChI is InChI=1S/C42H28N2/c1-3-14-29(15-4-1)30-26-27-40-36(28-30)33-19-8-11-23-38(33)44(40)37-22-10-7-18-32(37)34-21-13-25-41-42(34)35-20-9-12-24-39(35)43(41)31-16-5-2-6-17-31/h1-28H. The fourth-order valence-corrected chi connectivity index (χ4v) is 7.04. The lowest BCUT2D eigenvalue weighted by atomic mass is 9.97. The van der Waals surface area contributed by atoms with Crippen molar-refractivity contribution in [2.45, 2.75) is 0 Å². The number of nitrogens with zero attached hydrogens (tertiary/aromatic N) is 2. The molecule has 0 atom stereocenters. The quantitative estimate of drug-likeness (QED) is 0.203. The highest BCUT2D eigenvalue weighted by atomic mass is 15.0. The summed E-state index contributed by atoms with van der Waals surface area (Å²) in [6.07, 6.45) is 0. The van der Waals surface area contributed by atoms with Gasteiger partial charge in [0.15, 0.2) is 0 Å². The molecule has 0 saturated carbocycles. The molecule has 0 bridgehead atoms. The topological polar surface area (TPSA) is 9.86 Å². The molecule has 0 aliphatic carbocycles. The molecule has 0 aliphatic heterocycles. The first-order valence-corrected chi connectivity index (χ1v) is 15.1. The normalized spacial score (nSPS) is 11.6. The Balaban J connectivity index is 1.34. The van der Waals surface area contributed by atoms with E-state index < -0.39 is 0 Å². The van der Waals surface area contributed by atoms with Crippen LogP contribution in [0.25, 0.3) is 77.2 Å². The van der Waals surface area contributed by atoms with Gasteiger partial charge in [0.05, 0.1) is 27.8 Å². The van der Waals surface area contributed by atoms with Gasteiger partial charge < -0.3 is 9.13 Å². The van der Waals surface area contributed by atoms with Crippen LogP contribution in [0.1, 0.15) is 0 Å². The van der Waals surface area contributed by atoms with Crippen LogP contribution >= 0.6 is 0 Å². The Kier molecular flexibility index (Phi) is 5.54. The maximum Gasteiger partial charge on any atom is 0.0547 e. The minimum atomic E-state index is 1.17. The van der Waals surface area contributed by atoms with Gasteiger partial charge in [-0.3, -0.25) is 0 Å². The molecule has 206 valence electrons. The van der Waals surface area contributed by atoms with Gasteiger partial charge in [-0.2, -0.15) is 0 Å². The van der Waals surface area contributed by atoms with Gasteiger partial charge in [0.25, 0.3) is 0 Å². The van der Waals surface area contributed by atoms with E-state index >= 15 is 0 Å². The van der Waals surface area contributed by atoms with Crippen LogP contribution in [0.3, 0.4) is 0 Å². The Morgan fingerprint density at radius 1 is 0.318 bits per heavy atom. The highest BCUT2D eigenvalue weighted by Crippen LogP contribution is 2.42. The second-order valence-electron chi connectivity index (χ2n) is 11.4. The van der Waals surface area contributed by atoms with Crippen molar-refractivity contribution in [3.63, 3.8) is 0 Å². The molecule has 2 aromatic heterocycles. The molecule has 0 N–H and O–H groups in total. The number of fused-ring (bicyclic) bond motifs is 6. The zero-order valence-corrected chi connectivity index (χ0v) is 24.1. The highest BCUT2D eigenvalue weighted by molar-refractivity contribution is 6.17. The Labute approximate surface area is 255 Å². The van der Waals surface area contributed by atoms with Crippen LogP contribution < -0.4 is 0 Å². The minimum Gasteiger partial charge on any atom is -0.309 e. The molecule has 0 radical (unpaired) electrons. The molecule has 9 rings (SSSR count). The van der Waals surface area contributed by atoms with Crippen molar-refractivity contribution in [3.05, 3.63) is 170 Å². The number of benzene rings is 7. The molecule has 2 nitrogen and oxygen atoms in total. The third kappa shape index (κ3) is 3.68. The van der Waals surface area contributed by atoms with E-state index in [1.165, 1.54) is 77.2 Å². The largest absolute Gasteiger partial charge is 0.309 e. The van der Waals surface area contributed by atoms with Crippen LogP contribution in [0.4, 0.5) is 0 Å². The molecule has 0 unspecified atom stereocenters. The molecule has 9 aromatic rings. The maximum atomic E-state index is 2.45. The maximum absolute atomic E-state index is 2.45. The van der Waals surface area contributed by atoms with Crippen molar-refractivity contribution in [2.24, 2.45) is 0 Å². The molecular weight excluding hydrogens is 532 g/mol. The van der Waals surface area contributed by atoms with Crippen LogP contribution in [0.5, 0.6) is 0 Å². The van der Waals surface area contributed by atoms with E-state index in [-0.39, 0.29) is 0 Å². The van der Waals surface area contributed by atoms with Crippen molar-refractivity contribution in [2.75, 3.05) is 0 Å². The first-order valence-electron chi connectivity index (χ1n) is 15.1. The molecule has 0 fully saturated rings. The lowest BCUT2D eigenvalue weighted by molar-refractivity contribution is 1.18. The van der Waals surface area contributed by atoms with Gasteiger partial charge in [0, 0.05) is 32.8 Å². The highest BCUT2D eigenvalue weighted by Gasteiger charge is 2.20.